The van der Waals surface area contributed by atoms with Crippen molar-refractivity contribution < 1.29 is 18.0 Å². The summed E-state index contributed by atoms with van der Waals surface area (Å²) < 4.78 is 42.4. The van der Waals surface area contributed by atoms with E-state index in [0.717, 1.165) is 22.8 Å². The van der Waals surface area contributed by atoms with Crippen LogP contribution < -0.4 is 4.90 Å². The molecule has 4 rings (SSSR count). The third-order valence-electron chi connectivity index (χ3n) is 4.74. The Bertz CT molecular complexity index is 981. The first-order valence-electron chi connectivity index (χ1n) is 9.02. The van der Waals surface area contributed by atoms with Crippen LogP contribution in [0.5, 0.6) is 0 Å². The van der Waals surface area contributed by atoms with Gasteiger partial charge in [-0.1, -0.05) is 30.3 Å². The molecule has 1 amide bonds. The maximum Gasteiger partial charge on any atom is 0.416 e. The summed E-state index contributed by atoms with van der Waals surface area (Å²) in [6.07, 6.45) is -4.41. The standard InChI is InChI=1S/C20H17F3N4OS/c21-20(22,23)16-8-6-15(7-9-16)18(28)26-10-12-27(13-11-26)19-24-17(25-29-19)14-4-2-1-3-5-14/h1-9H,10-13H2. The van der Waals surface area contributed by atoms with Gasteiger partial charge in [0.2, 0.25) is 5.13 Å². The number of alkyl halides is 3. The summed E-state index contributed by atoms with van der Waals surface area (Å²) >= 11 is 1.32. The van der Waals surface area contributed by atoms with Crippen LogP contribution >= 0.6 is 11.5 Å². The van der Waals surface area contributed by atoms with Gasteiger partial charge in [0.15, 0.2) is 5.82 Å². The van der Waals surface area contributed by atoms with E-state index in [-0.39, 0.29) is 11.5 Å². The number of anilines is 1. The Labute approximate surface area is 169 Å². The minimum atomic E-state index is -4.41. The molecule has 0 bridgehead atoms. The Morgan fingerprint density at radius 3 is 2.21 bits per heavy atom. The van der Waals surface area contributed by atoms with Crippen LogP contribution in [-0.2, 0) is 6.18 Å². The molecule has 1 saturated heterocycles. The highest BCUT2D eigenvalue weighted by atomic mass is 32.1. The second kappa shape index (κ2) is 7.82. The maximum atomic E-state index is 12.7. The topological polar surface area (TPSA) is 49.3 Å². The van der Waals surface area contributed by atoms with E-state index in [1.807, 2.05) is 30.3 Å². The van der Waals surface area contributed by atoms with Crippen LogP contribution in [0.3, 0.4) is 0 Å². The third kappa shape index (κ3) is 4.24. The lowest BCUT2D eigenvalue weighted by Crippen LogP contribution is -2.48. The number of amides is 1. The zero-order valence-electron chi connectivity index (χ0n) is 15.3. The predicted molar refractivity (Wildman–Crippen MR) is 105 cm³/mol. The van der Waals surface area contributed by atoms with Gasteiger partial charge < -0.3 is 9.80 Å². The van der Waals surface area contributed by atoms with E-state index >= 15 is 0 Å². The molecule has 2 heterocycles. The number of rotatable bonds is 3. The summed E-state index contributed by atoms with van der Waals surface area (Å²) in [5.41, 5.74) is 0.448. The van der Waals surface area contributed by atoms with Crippen molar-refractivity contribution in [3.05, 3.63) is 65.7 Å². The SMILES string of the molecule is O=C(c1ccc(C(F)(F)F)cc1)N1CCN(c2nc(-c3ccccc3)ns2)CC1. The molecule has 0 atom stereocenters. The van der Waals surface area contributed by atoms with Gasteiger partial charge in [-0.3, -0.25) is 4.79 Å². The average Bonchev–Trinajstić information content (AvgIpc) is 3.24. The fourth-order valence-electron chi connectivity index (χ4n) is 3.13. The fraction of sp³-hybridized carbons (Fsp3) is 0.250. The molecule has 1 aromatic heterocycles. The molecule has 0 spiro atoms. The molecule has 0 N–H and O–H groups in total. The van der Waals surface area contributed by atoms with Crippen molar-refractivity contribution >= 4 is 22.6 Å². The molecule has 0 saturated carbocycles. The van der Waals surface area contributed by atoms with Gasteiger partial charge in [-0.25, -0.2) is 0 Å². The quantitative estimate of drug-likeness (QED) is 0.640. The highest BCUT2D eigenvalue weighted by Crippen LogP contribution is 2.29. The molecule has 1 aliphatic heterocycles. The lowest BCUT2D eigenvalue weighted by atomic mass is 10.1. The number of carbonyl (C=O) groups excluding carboxylic acids is 1. The molecule has 9 heteroatoms. The van der Waals surface area contributed by atoms with E-state index in [1.165, 1.54) is 23.7 Å². The van der Waals surface area contributed by atoms with Crippen LogP contribution in [0.2, 0.25) is 0 Å². The van der Waals surface area contributed by atoms with Gasteiger partial charge in [0.25, 0.3) is 5.91 Å². The smallest absolute Gasteiger partial charge is 0.343 e. The molecule has 5 nitrogen and oxygen atoms in total. The molecule has 3 aromatic rings. The number of benzene rings is 2. The van der Waals surface area contributed by atoms with Crippen molar-refractivity contribution in [1.29, 1.82) is 0 Å². The maximum absolute atomic E-state index is 12.7. The zero-order valence-corrected chi connectivity index (χ0v) is 16.1. The van der Waals surface area contributed by atoms with Crippen molar-refractivity contribution in [2.45, 2.75) is 6.18 Å². The number of halogens is 3. The molecule has 2 aromatic carbocycles. The summed E-state index contributed by atoms with van der Waals surface area (Å²) in [4.78, 5) is 20.9. The first-order chi connectivity index (χ1) is 13.9. The van der Waals surface area contributed by atoms with Crippen LogP contribution in [0.1, 0.15) is 15.9 Å². The van der Waals surface area contributed by atoms with E-state index in [0.29, 0.717) is 32.0 Å². The van der Waals surface area contributed by atoms with E-state index in [2.05, 4.69) is 14.3 Å². The van der Waals surface area contributed by atoms with E-state index < -0.39 is 11.7 Å². The summed E-state index contributed by atoms with van der Waals surface area (Å²) in [7, 11) is 0. The minimum Gasteiger partial charge on any atom is -0.343 e. The van der Waals surface area contributed by atoms with Gasteiger partial charge in [0.1, 0.15) is 0 Å². The minimum absolute atomic E-state index is 0.258. The number of aromatic nitrogens is 2. The highest BCUT2D eigenvalue weighted by Gasteiger charge is 2.31. The van der Waals surface area contributed by atoms with E-state index in [9.17, 15) is 18.0 Å². The van der Waals surface area contributed by atoms with Crippen LogP contribution in [0.4, 0.5) is 18.3 Å². The Hall–Kier alpha value is -2.94. The fourth-order valence-corrected chi connectivity index (χ4v) is 3.87. The summed E-state index contributed by atoms with van der Waals surface area (Å²) in [5, 5.41) is 0.797. The lowest BCUT2D eigenvalue weighted by Gasteiger charge is -2.34. The summed E-state index contributed by atoms with van der Waals surface area (Å²) in [6.45, 7) is 2.13. The van der Waals surface area contributed by atoms with Crippen molar-refractivity contribution in [3.8, 4) is 11.4 Å². The van der Waals surface area contributed by atoms with E-state index in [1.54, 1.807) is 4.90 Å². The van der Waals surface area contributed by atoms with Crippen molar-refractivity contribution in [3.63, 3.8) is 0 Å². The van der Waals surface area contributed by atoms with Gasteiger partial charge in [0.05, 0.1) is 5.56 Å². The van der Waals surface area contributed by atoms with Gasteiger partial charge in [-0.2, -0.15) is 22.5 Å². The average molecular weight is 418 g/mol. The zero-order chi connectivity index (χ0) is 20.4. The predicted octanol–water partition coefficient (Wildman–Crippen LogP) is 4.19. The van der Waals surface area contributed by atoms with Gasteiger partial charge in [-0.05, 0) is 24.3 Å². The van der Waals surface area contributed by atoms with Crippen LogP contribution in [0, 0.1) is 0 Å². The molecule has 1 aliphatic rings. The molecule has 150 valence electrons. The molecule has 1 fully saturated rings. The largest absolute Gasteiger partial charge is 0.416 e. The van der Waals surface area contributed by atoms with Crippen LogP contribution in [0.15, 0.2) is 54.6 Å². The van der Waals surface area contributed by atoms with Gasteiger partial charge >= 0.3 is 6.18 Å². The van der Waals surface area contributed by atoms with Gasteiger partial charge in [0, 0.05) is 48.8 Å². The van der Waals surface area contributed by atoms with E-state index in [4.69, 9.17) is 0 Å². The second-order valence-electron chi connectivity index (χ2n) is 6.62. The lowest BCUT2D eigenvalue weighted by molar-refractivity contribution is -0.137. The number of hydrogen-bond donors (Lipinski definition) is 0. The molecule has 0 aliphatic carbocycles. The Morgan fingerprint density at radius 2 is 1.59 bits per heavy atom. The third-order valence-corrected chi connectivity index (χ3v) is 5.52. The first-order valence-corrected chi connectivity index (χ1v) is 9.80. The van der Waals surface area contributed by atoms with Crippen molar-refractivity contribution in [2.75, 3.05) is 31.1 Å². The molecule has 0 radical (unpaired) electrons. The monoisotopic (exact) mass is 418 g/mol. The Morgan fingerprint density at radius 1 is 0.931 bits per heavy atom. The van der Waals surface area contributed by atoms with Crippen LogP contribution in [0.25, 0.3) is 11.4 Å². The van der Waals surface area contributed by atoms with Crippen molar-refractivity contribution in [1.82, 2.24) is 14.3 Å². The number of hydrogen-bond acceptors (Lipinski definition) is 5. The summed E-state index contributed by atoms with van der Waals surface area (Å²) in [6, 6.07) is 14.0. The van der Waals surface area contributed by atoms with Gasteiger partial charge in [-0.15, -0.1) is 0 Å². The summed E-state index contributed by atoms with van der Waals surface area (Å²) in [5.74, 6) is 0.412. The molecular formula is C20H17F3N4OS. The first kappa shape index (κ1) is 19.4. The molecule has 0 unspecified atom stereocenters. The Balaban J connectivity index is 1.38. The Kier molecular flexibility index (Phi) is 5.23. The molecular weight excluding hydrogens is 401 g/mol. The second-order valence-corrected chi connectivity index (χ2v) is 7.35. The molecule has 29 heavy (non-hydrogen) atoms. The number of nitrogens with zero attached hydrogens (tertiary/aromatic N) is 4. The normalized spacial score (nSPS) is 14.9. The number of piperazine rings is 1. The number of carbonyl (C=O) groups is 1. The van der Waals surface area contributed by atoms with Crippen molar-refractivity contribution in [2.24, 2.45) is 0 Å². The van der Waals surface area contributed by atoms with Crippen LogP contribution in [-0.4, -0.2) is 46.3 Å². The highest BCUT2D eigenvalue weighted by molar-refractivity contribution is 7.09.